The summed E-state index contributed by atoms with van der Waals surface area (Å²) >= 11 is 0. The second kappa shape index (κ2) is 7.66. The van der Waals surface area contributed by atoms with Gasteiger partial charge in [0.2, 0.25) is 5.69 Å². The van der Waals surface area contributed by atoms with Crippen LogP contribution in [0.3, 0.4) is 0 Å². The van der Waals surface area contributed by atoms with Crippen LogP contribution in [-0.4, -0.2) is 20.8 Å². The van der Waals surface area contributed by atoms with Crippen molar-refractivity contribution in [2.24, 2.45) is 5.11 Å². The Morgan fingerprint density at radius 1 is 1.13 bits per heavy atom. The Balaban J connectivity index is 2.10. The molecule has 0 unspecified atom stereocenters. The minimum Gasteiger partial charge on any atom is -0.378 e. The lowest BCUT2D eigenvalue weighted by Gasteiger charge is -2.10. The number of benzene rings is 2. The number of azo groups is 1. The van der Waals surface area contributed by atoms with Crippen molar-refractivity contribution in [3.05, 3.63) is 59.8 Å². The Hall–Kier alpha value is -3.26. The summed E-state index contributed by atoms with van der Waals surface area (Å²) in [6, 6.07) is 17.6. The molecule has 0 spiro atoms. The zero-order valence-corrected chi connectivity index (χ0v) is 13.2. The van der Waals surface area contributed by atoms with E-state index in [1.54, 1.807) is 6.08 Å². The van der Waals surface area contributed by atoms with Gasteiger partial charge in [0.15, 0.2) is 6.07 Å². The fourth-order valence-electron chi connectivity index (χ4n) is 1.90. The summed E-state index contributed by atoms with van der Waals surface area (Å²) in [7, 11) is 4.00. The molecule has 0 heterocycles. The molecule has 5 nitrogen and oxygen atoms in total. The molecular formula is C18H19N5+2. The van der Waals surface area contributed by atoms with Crippen molar-refractivity contribution >= 4 is 29.9 Å². The first-order valence-corrected chi connectivity index (χ1v) is 7.11. The fourth-order valence-corrected chi connectivity index (χ4v) is 1.90. The van der Waals surface area contributed by atoms with Crippen LogP contribution in [0.4, 0.5) is 17.1 Å². The summed E-state index contributed by atoms with van der Waals surface area (Å²) in [6.45, 7) is 3.48. The molecule has 0 aliphatic carbocycles. The molecule has 0 saturated carbocycles. The van der Waals surface area contributed by atoms with E-state index in [4.69, 9.17) is 5.26 Å². The number of hydrogen-bond acceptors (Lipinski definition) is 3. The van der Waals surface area contributed by atoms with Gasteiger partial charge in [0.05, 0.1) is 0 Å². The molecule has 2 aromatic rings. The van der Waals surface area contributed by atoms with Crippen LogP contribution in [-0.2, 0) is 0 Å². The molecule has 114 valence electrons. The summed E-state index contributed by atoms with van der Waals surface area (Å²) < 4.78 is 0. The van der Waals surface area contributed by atoms with E-state index in [-0.39, 0.29) is 0 Å². The summed E-state index contributed by atoms with van der Waals surface area (Å²) in [5.74, 6) is 0. The number of nitrogens with zero attached hydrogens (tertiary/aromatic N) is 3. The second-order valence-electron chi connectivity index (χ2n) is 5.10. The Morgan fingerprint density at radius 3 is 2.30 bits per heavy atom. The number of anilines is 1. The number of allylic oxidation sites excluding steroid dienone is 1. The maximum Gasteiger partial charge on any atom is 0.281 e. The highest BCUT2D eigenvalue weighted by molar-refractivity contribution is 5.56. The van der Waals surface area contributed by atoms with Gasteiger partial charge in [-0.3, -0.25) is 0 Å². The van der Waals surface area contributed by atoms with Gasteiger partial charge < -0.3 is 4.90 Å². The second-order valence-corrected chi connectivity index (χ2v) is 5.10. The first-order chi connectivity index (χ1) is 11.1. The van der Waals surface area contributed by atoms with E-state index in [1.165, 1.54) is 0 Å². The molecule has 2 aromatic carbocycles. The van der Waals surface area contributed by atoms with Crippen LogP contribution in [0, 0.1) is 11.3 Å². The molecule has 23 heavy (non-hydrogen) atoms. The maximum atomic E-state index is 8.85. The Kier molecular flexibility index (Phi) is 5.37. The van der Waals surface area contributed by atoms with Gasteiger partial charge in [-0.05, 0) is 47.1 Å². The summed E-state index contributed by atoms with van der Waals surface area (Å²) in [6.07, 6.45) is 1.73. The van der Waals surface area contributed by atoms with Crippen LogP contribution in [0.5, 0.6) is 0 Å². The van der Waals surface area contributed by atoms with E-state index in [2.05, 4.69) is 21.9 Å². The van der Waals surface area contributed by atoms with Crippen molar-refractivity contribution in [2.45, 2.75) is 0 Å². The molecular weight excluding hydrogens is 286 g/mol. The van der Waals surface area contributed by atoms with E-state index < -0.39 is 0 Å². The van der Waals surface area contributed by atoms with E-state index in [0.29, 0.717) is 5.70 Å². The van der Waals surface area contributed by atoms with Crippen LogP contribution in [0.15, 0.2) is 59.3 Å². The highest BCUT2D eigenvalue weighted by atomic mass is 15.1. The third-order valence-electron chi connectivity index (χ3n) is 3.21. The molecule has 0 saturated heterocycles. The van der Waals surface area contributed by atoms with Gasteiger partial charge in [-0.25, -0.2) is 4.99 Å². The summed E-state index contributed by atoms with van der Waals surface area (Å²) in [4.78, 5) is 4.63. The molecule has 5 heteroatoms. The predicted molar refractivity (Wildman–Crippen MR) is 91.6 cm³/mol. The summed E-state index contributed by atoms with van der Waals surface area (Å²) in [5.41, 5.74) is 4.19. The average molecular weight is 305 g/mol. The standard InChI is InChI=1S/C18H17N5/c1-20-17(13-19)12-14-4-6-15(7-5-14)21-22-16-8-10-18(11-9-16)23(2)3/h4-12H,1H2,2-3H3/p+2/b17-12+,22-21?. The smallest absolute Gasteiger partial charge is 0.281 e. The van der Waals surface area contributed by atoms with Gasteiger partial charge >= 0.3 is 0 Å². The topological polar surface area (TPSA) is 67.3 Å². The third kappa shape index (κ3) is 4.61. The first-order valence-electron chi connectivity index (χ1n) is 7.11. The van der Waals surface area contributed by atoms with Crippen molar-refractivity contribution in [2.75, 3.05) is 19.0 Å². The van der Waals surface area contributed by atoms with Crippen LogP contribution in [0.1, 0.15) is 5.56 Å². The van der Waals surface area contributed by atoms with Gasteiger partial charge in [0.25, 0.3) is 5.70 Å². The minimum absolute atomic E-state index is 0.413. The van der Waals surface area contributed by atoms with Crippen LogP contribution >= 0.6 is 0 Å². The zero-order valence-electron chi connectivity index (χ0n) is 13.2. The number of hydrogen-bond donors (Lipinski definition) is 2. The average Bonchev–Trinajstić information content (AvgIpc) is 2.59. The largest absolute Gasteiger partial charge is 0.378 e. The normalized spacial score (nSPS) is 11.3. The molecule has 0 bridgehead atoms. The quantitative estimate of drug-likeness (QED) is 0.489. The molecule has 0 fully saturated rings. The van der Waals surface area contributed by atoms with Gasteiger partial charge in [-0.15, -0.1) is 0 Å². The lowest BCUT2D eigenvalue weighted by atomic mass is 10.2. The number of nitriles is 1. The molecule has 0 radical (unpaired) electrons. The van der Waals surface area contributed by atoms with Crippen molar-refractivity contribution in [1.82, 2.24) is 0 Å². The Morgan fingerprint density at radius 2 is 1.78 bits per heavy atom. The zero-order chi connectivity index (χ0) is 16.7. The molecule has 0 aliphatic rings. The molecule has 2 rings (SSSR count). The van der Waals surface area contributed by atoms with E-state index in [1.807, 2.05) is 73.6 Å². The lowest BCUT2D eigenvalue weighted by molar-refractivity contribution is -0.433. The van der Waals surface area contributed by atoms with E-state index >= 15 is 0 Å². The lowest BCUT2D eigenvalue weighted by Crippen LogP contribution is -2.62. The SMILES string of the molecule is C=[NH+]/C(C#N)=C/c1ccc([NH+]=Nc2ccc(N(C)C)cc2)cc1. The molecule has 2 N–H and O–H groups in total. The van der Waals surface area contributed by atoms with Crippen LogP contribution in [0.25, 0.3) is 6.08 Å². The van der Waals surface area contributed by atoms with Crippen molar-refractivity contribution in [3.63, 3.8) is 0 Å². The van der Waals surface area contributed by atoms with Crippen molar-refractivity contribution in [3.8, 4) is 6.07 Å². The van der Waals surface area contributed by atoms with Gasteiger partial charge in [0.1, 0.15) is 12.4 Å². The molecule has 0 aliphatic heterocycles. The number of rotatable bonds is 5. The van der Waals surface area contributed by atoms with E-state index in [9.17, 15) is 0 Å². The molecule has 0 aromatic heterocycles. The highest BCUT2D eigenvalue weighted by Gasteiger charge is 2.01. The number of nitrogens with one attached hydrogen (secondary N) is 2. The fraction of sp³-hybridized carbons (Fsp3) is 0.111. The van der Waals surface area contributed by atoms with Crippen LogP contribution in [0.2, 0.25) is 0 Å². The van der Waals surface area contributed by atoms with Crippen molar-refractivity contribution in [1.29, 1.82) is 5.26 Å². The Labute approximate surface area is 135 Å². The summed E-state index contributed by atoms with van der Waals surface area (Å²) in [5, 5.41) is 16.2. The van der Waals surface area contributed by atoms with Gasteiger partial charge in [-0.1, -0.05) is 5.11 Å². The van der Waals surface area contributed by atoms with Gasteiger partial charge in [0, 0.05) is 38.0 Å². The molecule has 0 amide bonds. The monoisotopic (exact) mass is 305 g/mol. The minimum atomic E-state index is 0.413. The maximum absolute atomic E-state index is 8.85. The highest BCUT2D eigenvalue weighted by Crippen LogP contribution is 2.17. The van der Waals surface area contributed by atoms with Gasteiger partial charge in [-0.2, -0.15) is 5.26 Å². The third-order valence-corrected chi connectivity index (χ3v) is 3.21. The van der Waals surface area contributed by atoms with Crippen molar-refractivity contribution < 1.29 is 10.1 Å². The van der Waals surface area contributed by atoms with Crippen LogP contribution < -0.4 is 15.0 Å². The molecule has 0 atom stereocenters. The first kappa shape index (κ1) is 16.1. The Bertz CT molecular complexity index is 763. The van der Waals surface area contributed by atoms with E-state index in [0.717, 1.165) is 22.6 Å². The predicted octanol–water partition coefficient (Wildman–Crippen LogP) is 0.894.